The van der Waals surface area contributed by atoms with Crippen molar-refractivity contribution in [2.45, 2.75) is 25.3 Å². The van der Waals surface area contributed by atoms with Crippen molar-refractivity contribution in [2.24, 2.45) is 0 Å². The second kappa shape index (κ2) is 9.46. The highest BCUT2D eigenvalue weighted by Crippen LogP contribution is 2.15. The Labute approximate surface area is 140 Å². The topological polar surface area (TPSA) is 105 Å². The molecule has 0 aliphatic rings. The maximum Gasteiger partial charge on any atom is 0.303 e. The molecule has 1 atom stereocenters. The molecule has 0 radical (unpaired) electrons. The van der Waals surface area contributed by atoms with Crippen molar-refractivity contribution in [3.8, 4) is 5.88 Å². The molecule has 0 amide bonds. The normalized spacial score (nSPS) is 11.7. The van der Waals surface area contributed by atoms with E-state index in [0.717, 1.165) is 5.56 Å². The first-order chi connectivity index (χ1) is 11.7. The number of aliphatic carboxylic acids is 1. The second-order valence-electron chi connectivity index (χ2n) is 5.28. The van der Waals surface area contributed by atoms with E-state index in [9.17, 15) is 4.79 Å². The minimum absolute atomic E-state index is 0.0681. The molecule has 3 N–H and O–H groups in total. The molecule has 0 aliphatic heterocycles. The van der Waals surface area contributed by atoms with Gasteiger partial charge in [-0.2, -0.15) is 4.98 Å². The SMILES string of the molecule is O=C(O)CCC(Cc1ccccc1)Nc1cncc(OCCO)n1. The molecular formula is C17H21N3O4. The number of hydrogen-bond donors (Lipinski definition) is 3. The molecule has 1 heterocycles. The molecule has 0 bridgehead atoms. The molecule has 24 heavy (non-hydrogen) atoms. The van der Waals surface area contributed by atoms with E-state index in [-0.39, 0.29) is 25.7 Å². The van der Waals surface area contributed by atoms with Gasteiger partial charge in [0.25, 0.3) is 0 Å². The van der Waals surface area contributed by atoms with Crippen LogP contribution in [0.3, 0.4) is 0 Å². The van der Waals surface area contributed by atoms with Gasteiger partial charge in [0.2, 0.25) is 5.88 Å². The average Bonchev–Trinajstić information content (AvgIpc) is 2.59. The minimum atomic E-state index is -0.832. The summed E-state index contributed by atoms with van der Waals surface area (Å²) >= 11 is 0. The van der Waals surface area contributed by atoms with Crippen LogP contribution in [0.15, 0.2) is 42.7 Å². The number of rotatable bonds is 10. The number of carbonyl (C=O) groups is 1. The number of carboxylic acid groups (broad SMARTS) is 1. The Balaban J connectivity index is 2.04. The van der Waals surface area contributed by atoms with E-state index >= 15 is 0 Å². The van der Waals surface area contributed by atoms with Gasteiger partial charge in [-0.3, -0.25) is 9.78 Å². The lowest BCUT2D eigenvalue weighted by Crippen LogP contribution is -2.24. The second-order valence-corrected chi connectivity index (χ2v) is 5.28. The van der Waals surface area contributed by atoms with Crippen LogP contribution in [0.5, 0.6) is 5.88 Å². The van der Waals surface area contributed by atoms with Crippen LogP contribution in [0.25, 0.3) is 0 Å². The summed E-state index contributed by atoms with van der Waals surface area (Å²) in [5.41, 5.74) is 1.11. The number of ether oxygens (including phenoxy) is 1. The summed E-state index contributed by atoms with van der Waals surface area (Å²) in [4.78, 5) is 19.2. The molecule has 1 aromatic heterocycles. The predicted molar refractivity (Wildman–Crippen MR) is 89.0 cm³/mol. The van der Waals surface area contributed by atoms with Crippen molar-refractivity contribution < 1.29 is 19.7 Å². The monoisotopic (exact) mass is 331 g/mol. The van der Waals surface area contributed by atoms with Crippen molar-refractivity contribution in [3.63, 3.8) is 0 Å². The lowest BCUT2D eigenvalue weighted by molar-refractivity contribution is -0.137. The third-order valence-corrected chi connectivity index (χ3v) is 3.34. The Hall–Kier alpha value is -2.67. The van der Waals surface area contributed by atoms with Gasteiger partial charge in [-0.05, 0) is 18.4 Å². The summed E-state index contributed by atoms with van der Waals surface area (Å²) in [6.07, 6.45) is 4.23. The number of hydrogen-bond acceptors (Lipinski definition) is 6. The van der Waals surface area contributed by atoms with Crippen molar-refractivity contribution in [2.75, 3.05) is 18.5 Å². The molecule has 1 aromatic carbocycles. The van der Waals surface area contributed by atoms with E-state index in [2.05, 4.69) is 15.3 Å². The summed E-state index contributed by atoms with van der Waals surface area (Å²) in [5, 5.41) is 20.9. The first kappa shape index (κ1) is 17.7. The largest absolute Gasteiger partial charge is 0.481 e. The van der Waals surface area contributed by atoms with Gasteiger partial charge in [-0.1, -0.05) is 30.3 Å². The van der Waals surface area contributed by atoms with Gasteiger partial charge >= 0.3 is 5.97 Å². The van der Waals surface area contributed by atoms with Crippen molar-refractivity contribution in [1.29, 1.82) is 0 Å². The highest BCUT2D eigenvalue weighted by Gasteiger charge is 2.13. The number of anilines is 1. The number of nitrogens with one attached hydrogen (secondary N) is 1. The molecule has 0 aliphatic carbocycles. The molecule has 0 spiro atoms. The molecule has 1 unspecified atom stereocenters. The number of nitrogens with zero attached hydrogens (tertiary/aromatic N) is 2. The van der Waals surface area contributed by atoms with Gasteiger partial charge in [0.1, 0.15) is 12.4 Å². The summed E-state index contributed by atoms with van der Waals surface area (Å²) < 4.78 is 5.24. The van der Waals surface area contributed by atoms with Crippen LogP contribution in [0.1, 0.15) is 18.4 Å². The molecule has 0 fully saturated rings. The van der Waals surface area contributed by atoms with Crippen LogP contribution in [-0.2, 0) is 11.2 Å². The summed E-state index contributed by atoms with van der Waals surface area (Å²) in [7, 11) is 0. The van der Waals surface area contributed by atoms with Crippen molar-refractivity contribution in [1.82, 2.24) is 9.97 Å². The fraction of sp³-hybridized carbons (Fsp3) is 0.353. The molecule has 2 aromatic rings. The van der Waals surface area contributed by atoms with Crippen molar-refractivity contribution in [3.05, 3.63) is 48.3 Å². The Morgan fingerprint density at radius 1 is 1.25 bits per heavy atom. The highest BCUT2D eigenvalue weighted by atomic mass is 16.5. The molecule has 128 valence electrons. The van der Waals surface area contributed by atoms with Crippen LogP contribution in [0.2, 0.25) is 0 Å². The summed E-state index contributed by atoms with van der Waals surface area (Å²) in [5.74, 6) is -0.0107. The van der Waals surface area contributed by atoms with E-state index in [1.54, 1.807) is 6.20 Å². The predicted octanol–water partition coefficient (Wildman–Crippen LogP) is 1.74. The third kappa shape index (κ3) is 6.21. The summed E-state index contributed by atoms with van der Waals surface area (Å²) in [6, 6.07) is 9.76. The number of aliphatic hydroxyl groups excluding tert-OH is 1. The van der Waals surface area contributed by atoms with Crippen LogP contribution in [-0.4, -0.2) is 45.4 Å². The Kier molecular flexibility index (Phi) is 6.97. The quantitative estimate of drug-likeness (QED) is 0.609. The van der Waals surface area contributed by atoms with Crippen LogP contribution in [0.4, 0.5) is 5.82 Å². The Morgan fingerprint density at radius 2 is 2.04 bits per heavy atom. The van der Waals surface area contributed by atoms with E-state index in [1.807, 2.05) is 30.3 Å². The number of aromatic nitrogens is 2. The standard InChI is InChI=1S/C17H21N3O4/c21-8-9-24-16-12-18-11-15(20-16)19-14(6-7-17(22)23)10-13-4-2-1-3-5-13/h1-5,11-12,14,21H,6-10H2,(H,19,20)(H,22,23). The van der Waals surface area contributed by atoms with E-state index in [4.69, 9.17) is 14.9 Å². The maximum atomic E-state index is 10.9. The van der Waals surface area contributed by atoms with Gasteiger partial charge < -0.3 is 20.3 Å². The zero-order valence-corrected chi connectivity index (χ0v) is 13.3. The first-order valence-electron chi connectivity index (χ1n) is 7.75. The minimum Gasteiger partial charge on any atom is -0.481 e. The molecule has 0 saturated heterocycles. The van der Waals surface area contributed by atoms with Gasteiger partial charge in [-0.25, -0.2) is 0 Å². The maximum absolute atomic E-state index is 10.9. The van der Waals surface area contributed by atoms with Gasteiger partial charge in [0.15, 0.2) is 0 Å². The number of aliphatic hydroxyl groups is 1. The van der Waals surface area contributed by atoms with Gasteiger partial charge in [-0.15, -0.1) is 0 Å². The fourth-order valence-electron chi connectivity index (χ4n) is 2.27. The fourth-order valence-corrected chi connectivity index (χ4v) is 2.27. The molecular weight excluding hydrogens is 310 g/mol. The molecule has 7 heteroatoms. The number of carboxylic acids is 1. The lowest BCUT2D eigenvalue weighted by atomic mass is 10.0. The smallest absolute Gasteiger partial charge is 0.303 e. The van der Waals surface area contributed by atoms with Crippen molar-refractivity contribution >= 4 is 11.8 Å². The highest BCUT2D eigenvalue weighted by molar-refractivity contribution is 5.66. The van der Waals surface area contributed by atoms with Gasteiger partial charge in [0, 0.05) is 12.5 Å². The van der Waals surface area contributed by atoms with E-state index in [0.29, 0.717) is 24.5 Å². The zero-order valence-electron chi connectivity index (χ0n) is 13.3. The molecule has 2 rings (SSSR count). The zero-order chi connectivity index (χ0) is 17.2. The van der Waals surface area contributed by atoms with E-state index in [1.165, 1.54) is 6.20 Å². The third-order valence-electron chi connectivity index (χ3n) is 3.34. The van der Waals surface area contributed by atoms with Crippen LogP contribution in [0, 0.1) is 0 Å². The Morgan fingerprint density at radius 3 is 2.75 bits per heavy atom. The van der Waals surface area contributed by atoms with E-state index < -0.39 is 5.97 Å². The summed E-state index contributed by atoms with van der Waals surface area (Å²) in [6.45, 7) is 0.0408. The molecule has 7 nitrogen and oxygen atoms in total. The number of benzene rings is 1. The molecule has 0 saturated carbocycles. The Bertz CT molecular complexity index is 637. The average molecular weight is 331 g/mol. The van der Waals surface area contributed by atoms with Crippen LogP contribution < -0.4 is 10.1 Å². The first-order valence-corrected chi connectivity index (χ1v) is 7.75. The van der Waals surface area contributed by atoms with Gasteiger partial charge in [0.05, 0.1) is 19.0 Å². The lowest BCUT2D eigenvalue weighted by Gasteiger charge is -2.19. The van der Waals surface area contributed by atoms with Crippen LogP contribution >= 0.6 is 0 Å².